The van der Waals surface area contributed by atoms with Gasteiger partial charge in [0.1, 0.15) is 5.75 Å². The molecule has 7 heteroatoms. The van der Waals surface area contributed by atoms with Gasteiger partial charge in [-0.3, -0.25) is 9.59 Å². The van der Waals surface area contributed by atoms with E-state index in [-0.39, 0.29) is 36.2 Å². The molecule has 134 valence electrons. The highest BCUT2D eigenvalue weighted by Gasteiger charge is 2.26. The maximum Gasteiger partial charge on any atom is 0.253 e. The number of ether oxygens (including phenoxy) is 1. The molecule has 2 amide bonds. The second kappa shape index (κ2) is 8.89. The van der Waals surface area contributed by atoms with Gasteiger partial charge in [-0.1, -0.05) is 6.42 Å². The second-order valence-electron chi connectivity index (χ2n) is 6.22. The summed E-state index contributed by atoms with van der Waals surface area (Å²) in [6.07, 6.45) is 3.45. The molecule has 1 saturated carbocycles. The minimum Gasteiger partial charge on any atom is -0.495 e. The third-order valence-corrected chi connectivity index (χ3v) is 4.29. The zero-order valence-corrected chi connectivity index (χ0v) is 15.2. The number of rotatable bonds is 5. The van der Waals surface area contributed by atoms with Crippen molar-refractivity contribution in [2.45, 2.75) is 31.7 Å². The topological polar surface area (TPSA) is 84.7 Å². The van der Waals surface area contributed by atoms with Crippen LogP contribution in [0.4, 0.5) is 5.69 Å². The van der Waals surface area contributed by atoms with E-state index in [4.69, 9.17) is 10.5 Å². The fraction of sp³-hybridized carbons (Fsp3) is 0.529. The van der Waals surface area contributed by atoms with Crippen molar-refractivity contribution in [2.24, 2.45) is 11.7 Å². The Morgan fingerprint density at radius 2 is 2.04 bits per heavy atom. The highest BCUT2D eigenvalue weighted by Crippen LogP contribution is 2.29. The van der Waals surface area contributed by atoms with Crippen LogP contribution in [-0.2, 0) is 4.79 Å². The Labute approximate surface area is 149 Å². The van der Waals surface area contributed by atoms with Gasteiger partial charge in [0.15, 0.2) is 0 Å². The van der Waals surface area contributed by atoms with Crippen molar-refractivity contribution in [1.82, 2.24) is 4.90 Å². The van der Waals surface area contributed by atoms with Crippen molar-refractivity contribution in [2.75, 3.05) is 26.5 Å². The van der Waals surface area contributed by atoms with Crippen LogP contribution in [0.3, 0.4) is 0 Å². The van der Waals surface area contributed by atoms with Crippen LogP contribution in [0.2, 0.25) is 0 Å². The lowest BCUT2D eigenvalue weighted by Gasteiger charge is -2.17. The lowest BCUT2D eigenvalue weighted by Crippen LogP contribution is -2.28. The molecule has 2 rings (SSSR count). The molecule has 6 nitrogen and oxygen atoms in total. The molecule has 0 radical (unpaired) electrons. The monoisotopic (exact) mass is 355 g/mol. The number of benzene rings is 1. The van der Waals surface area contributed by atoms with Crippen LogP contribution in [-0.4, -0.2) is 44.0 Å². The highest BCUT2D eigenvalue weighted by atomic mass is 35.5. The summed E-state index contributed by atoms with van der Waals surface area (Å²) in [6.45, 7) is 0. The number of hydrogen-bond donors (Lipinski definition) is 2. The van der Waals surface area contributed by atoms with Crippen LogP contribution in [0.1, 0.15) is 36.0 Å². The minimum atomic E-state index is -0.124. The Morgan fingerprint density at radius 3 is 2.58 bits per heavy atom. The third-order valence-electron chi connectivity index (χ3n) is 4.29. The first-order valence-corrected chi connectivity index (χ1v) is 7.87. The van der Waals surface area contributed by atoms with E-state index in [0.29, 0.717) is 23.4 Å². The summed E-state index contributed by atoms with van der Waals surface area (Å²) in [4.78, 5) is 25.8. The Hall–Kier alpha value is -1.79. The van der Waals surface area contributed by atoms with E-state index in [9.17, 15) is 9.59 Å². The molecule has 1 fully saturated rings. The SMILES string of the molecule is COc1ccc(C(=O)N(C)C)cc1NC(=O)C[C@@H]1CCC[C@H]1N.Cl. The number of hydrogen-bond acceptors (Lipinski definition) is 4. The zero-order valence-electron chi connectivity index (χ0n) is 14.4. The Balaban J connectivity index is 0.00000288. The summed E-state index contributed by atoms with van der Waals surface area (Å²) in [5.74, 6) is 0.540. The quantitative estimate of drug-likeness (QED) is 0.848. The van der Waals surface area contributed by atoms with Crippen molar-refractivity contribution in [3.05, 3.63) is 23.8 Å². The molecule has 0 spiro atoms. The number of anilines is 1. The predicted molar refractivity (Wildman–Crippen MR) is 96.8 cm³/mol. The molecule has 2 atom stereocenters. The zero-order chi connectivity index (χ0) is 17.0. The van der Waals surface area contributed by atoms with Gasteiger partial charge in [0.25, 0.3) is 5.91 Å². The number of amides is 2. The van der Waals surface area contributed by atoms with E-state index in [0.717, 1.165) is 19.3 Å². The number of carbonyl (C=O) groups is 2. The lowest BCUT2D eigenvalue weighted by molar-refractivity contribution is -0.117. The van der Waals surface area contributed by atoms with Crippen LogP contribution in [0, 0.1) is 5.92 Å². The molecule has 1 aromatic rings. The van der Waals surface area contributed by atoms with Crippen LogP contribution in [0.15, 0.2) is 18.2 Å². The largest absolute Gasteiger partial charge is 0.495 e. The van der Waals surface area contributed by atoms with E-state index >= 15 is 0 Å². The molecule has 0 unspecified atom stereocenters. The van der Waals surface area contributed by atoms with E-state index < -0.39 is 0 Å². The first-order valence-electron chi connectivity index (χ1n) is 7.87. The fourth-order valence-corrected chi connectivity index (χ4v) is 2.96. The maximum atomic E-state index is 12.3. The summed E-state index contributed by atoms with van der Waals surface area (Å²) >= 11 is 0. The van der Waals surface area contributed by atoms with Crippen molar-refractivity contribution in [3.63, 3.8) is 0 Å². The van der Waals surface area contributed by atoms with Gasteiger partial charge in [-0.15, -0.1) is 12.4 Å². The standard InChI is InChI=1S/C17H25N3O3.ClH/c1-20(2)17(22)12-7-8-15(23-3)14(9-12)19-16(21)10-11-5-4-6-13(11)18;/h7-9,11,13H,4-6,10,18H2,1-3H3,(H,19,21);1H/t11-,13+;/m0./s1. The molecular formula is C17H26ClN3O3. The van der Waals surface area contributed by atoms with Gasteiger partial charge in [0.2, 0.25) is 5.91 Å². The van der Waals surface area contributed by atoms with Crippen LogP contribution in [0.25, 0.3) is 0 Å². The number of nitrogens with two attached hydrogens (primary N) is 1. The number of carbonyl (C=O) groups excluding carboxylic acids is 2. The van der Waals surface area contributed by atoms with Gasteiger partial charge < -0.3 is 20.7 Å². The van der Waals surface area contributed by atoms with Crippen LogP contribution < -0.4 is 15.8 Å². The fourth-order valence-electron chi connectivity index (χ4n) is 2.96. The summed E-state index contributed by atoms with van der Waals surface area (Å²) in [5.41, 5.74) is 7.03. The van der Waals surface area contributed by atoms with E-state index in [2.05, 4.69) is 5.32 Å². The van der Waals surface area contributed by atoms with Gasteiger partial charge in [0.05, 0.1) is 12.8 Å². The molecule has 0 saturated heterocycles. The normalized spacial score (nSPS) is 19.3. The molecular weight excluding hydrogens is 330 g/mol. The Kier molecular flexibility index (Phi) is 7.51. The number of nitrogens with zero attached hydrogens (tertiary/aromatic N) is 1. The molecule has 0 aromatic heterocycles. The number of nitrogens with one attached hydrogen (secondary N) is 1. The average molecular weight is 356 g/mol. The van der Waals surface area contributed by atoms with Crippen LogP contribution >= 0.6 is 12.4 Å². The summed E-state index contributed by atoms with van der Waals surface area (Å²) in [5, 5.41) is 2.85. The van der Waals surface area contributed by atoms with Gasteiger partial charge in [0, 0.05) is 32.1 Å². The molecule has 0 heterocycles. The average Bonchev–Trinajstić information content (AvgIpc) is 2.91. The van der Waals surface area contributed by atoms with E-state index in [1.54, 1.807) is 32.3 Å². The van der Waals surface area contributed by atoms with Crippen molar-refractivity contribution >= 4 is 29.9 Å². The predicted octanol–water partition coefficient (Wildman–Crippen LogP) is 2.27. The first kappa shape index (κ1) is 20.3. The van der Waals surface area contributed by atoms with Gasteiger partial charge in [-0.25, -0.2) is 0 Å². The van der Waals surface area contributed by atoms with Crippen molar-refractivity contribution in [1.29, 1.82) is 0 Å². The van der Waals surface area contributed by atoms with Gasteiger partial charge in [-0.05, 0) is 37.0 Å². The Morgan fingerprint density at radius 1 is 1.33 bits per heavy atom. The molecule has 0 bridgehead atoms. The highest BCUT2D eigenvalue weighted by molar-refractivity contribution is 5.98. The molecule has 1 aromatic carbocycles. The molecule has 24 heavy (non-hydrogen) atoms. The van der Waals surface area contributed by atoms with Gasteiger partial charge in [-0.2, -0.15) is 0 Å². The summed E-state index contributed by atoms with van der Waals surface area (Å²) in [6, 6.07) is 5.12. The summed E-state index contributed by atoms with van der Waals surface area (Å²) < 4.78 is 5.27. The van der Waals surface area contributed by atoms with Crippen LogP contribution in [0.5, 0.6) is 5.75 Å². The maximum absolute atomic E-state index is 12.3. The molecule has 1 aliphatic rings. The second-order valence-corrected chi connectivity index (χ2v) is 6.22. The summed E-state index contributed by atoms with van der Waals surface area (Å²) in [7, 11) is 4.91. The Bertz CT molecular complexity index is 592. The van der Waals surface area contributed by atoms with E-state index in [1.807, 2.05) is 0 Å². The minimum absolute atomic E-state index is 0. The third kappa shape index (κ3) is 4.85. The lowest BCUT2D eigenvalue weighted by atomic mass is 10.00. The molecule has 1 aliphatic carbocycles. The first-order chi connectivity index (χ1) is 10.9. The molecule has 3 N–H and O–H groups in total. The van der Waals surface area contributed by atoms with Crippen molar-refractivity contribution < 1.29 is 14.3 Å². The molecule has 0 aliphatic heterocycles. The van der Waals surface area contributed by atoms with Crippen molar-refractivity contribution in [3.8, 4) is 5.75 Å². The smallest absolute Gasteiger partial charge is 0.253 e. The van der Waals surface area contributed by atoms with Gasteiger partial charge >= 0.3 is 0 Å². The number of methoxy groups -OCH3 is 1. The van der Waals surface area contributed by atoms with E-state index in [1.165, 1.54) is 12.0 Å². The number of halogens is 1.